The number of carbonyl (C=O) groups is 2. The Balaban J connectivity index is 2.56. The number of amides is 2. The third-order valence-corrected chi connectivity index (χ3v) is 3.13. The summed E-state index contributed by atoms with van der Waals surface area (Å²) in [7, 11) is 0. The molecule has 0 fully saturated rings. The van der Waals surface area contributed by atoms with E-state index in [-0.39, 0.29) is 18.4 Å². The predicted molar refractivity (Wildman–Crippen MR) is 82.1 cm³/mol. The Bertz CT molecular complexity index is 474. The summed E-state index contributed by atoms with van der Waals surface area (Å²) in [4.78, 5) is 23.6. The van der Waals surface area contributed by atoms with Gasteiger partial charge in [0.05, 0.1) is 6.61 Å². The van der Waals surface area contributed by atoms with Gasteiger partial charge in [0.25, 0.3) is 0 Å². The van der Waals surface area contributed by atoms with Crippen LogP contribution in [-0.2, 0) is 16.1 Å². The van der Waals surface area contributed by atoms with Crippen molar-refractivity contribution in [2.75, 3.05) is 6.61 Å². The molecule has 6 heteroatoms. The lowest BCUT2D eigenvalue weighted by Crippen LogP contribution is -2.49. The highest BCUT2D eigenvalue weighted by Crippen LogP contribution is 2.09. The average molecular weight is 313 g/mol. The van der Waals surface area contributed by atoms with E-state index < -0.39 is 12.1 Å². The zero-order valence-corrected chi connectivity index (χ0v) is 13.2. The Morgan fingerprint density at radius 3 is 2.38 bits per heavy atom. The van der Waals surface area contributed by atoms with Gasteiger partial charge in [0.1, 0.15) is 6.04 Å². The number of benzene rings is 1. The van der Waals surface area contributed by atoms with Crippen molar-refractivity contribution in [2.24, 2.45) is 5.92 Å². The summed E-state index contributed by atoms with van der Waals surface area (Å²) < 4.78 is 4.80. The van der Waals surface area contributed by atoms with E-state index in [9.17, 15) is 9.59 Å². The van der Waals surface area contributed by atoms with Crippen molar-refractivity contribution in [1.82, 2.24) is 10.6 Å². The Labute approximate surface area is 130 Å². The molecule has 2 N–H and O–H groups in total. The van der Waals surface area contributed by atoms with E-state index in [2.05, 4.69) is 10.6 Å². The molecule has 0 saturated heterocycles. The van der Waals surface area contributed by atoms with Crippen LogP contribution in [0.2, 0.25) is 5.02 Å². The molecule has 1 rings (SSSR count). The van der Waals surface area contributed by atoms with Crippen LogP contribution in [0, 0.1) is 5.92 Å². The third-order valence-electron chi connectivity index (χ3n) is 2.88. The molecule has 1 atom stereocenters. The Morgan fingerprint density at radius 2 is 1.86 bits per heavy atom. The second-order valence-corrected chi connectivity index (χ2v) is 5.37. The normalized spacial score (nSPS) is 11.9. The first kappa shape index (κ1) is 17.3. The summed E-state index contributed by atoms with van der Waals surface area (Å²) in [6.07, 6.45) is -0.585. The van der Waals surface area contributed by atoms with Gasteiger partial charge in [-0.05, 0) is 30.5 Å². The summed E-state index contributed by atoms with van der Waals surface area (Å²) in [5.74, 6) is -0.285. The molecule has 0 aliphatic heterocycles. The second-order valence-electron chi connectivity index (χ2n) is 4.93. The minimum absolute atomic E-state index is 0.0420. The molecular formula is C15H21ClN2O3. The molecule has 0 aliphatic rings. The molecule has 0 aromatic heterocycles. The van der Waals surface area contributed by atoms with E-state index >= 15 is 0 Å². The Morgan fingerprint density at radius 1 is 1.24 bits per heavy atom. The summed E-state index contributed by atoms with van der Waals surface area (Å²) in [6.45, 7) is 6.08. The van der Waals surface area contributed by atoms with Crippen LogP contribution in [0.1, 0.15) is 26.3 Å². The van der Waals surface area contributed by atoms with Gasteiger partial charge in [0.15, 0.2) is 0 Å². The second kappa shape index (κ2) is 8.52. The minimum atomic E-state index is -0.628. The number of carbonyl (C=O) groups excluding carboxylic acids is 2. The van der Waals surface area contributed by atoms with Crippen LogP contribution in [0.25, 0.3) is 0 Å². The standard InChI is InChI=1S/C15H21ClN2O3/c1-4-21-15(20)18-13(10(2)3)14(19)17-9-11-5-7-12(16)8-6-11/h5-8,10,13H,4,9H2,1-3H3,(H,17,19)(H,18,20)/t13-/m0/s1. The average Bonchev–Trinajstić information content (AvgIpc) is 2.44. The predicted octanol–water partition coefficient (Wildman–Crippen LogP) is 2.73. The van der Waals surface area contributed by atoms with Gasteiger partial charge in [-0.25, -0.2) is 4.79 Å². The van der Waals surface area contributed by atoms with Crippen LogP contribution in [0.3, 0.4) is 0 Å². The van der Waals surface area contributed by atoms with Gasteiger partial charge < -0.3 is 15.4 Å². The summed E-state index contributed by atoms with van der Waals surface area (Å²) >= 11 is 5.80. The van der Waals surface area contributed by atoms with Crippen LogP contribution in [0.5, 0.6) is 0 Å². The van der Waals surface area contributed by atoms with Crippen molar-refractivity contribution in [3.05, 3.63) is 34.9 Å². The van der Waals surface area contributed by atoms with Crippen LogP contribution in [0.15, 0.2) is 24.3 Å². The van der Waals surface area contributed by atoms with Gasteiger partial charge in [0.2, 0.25) is 5.91 Å². The summed E-state index contributed by atoms with van der Waals surface area (Å²) in [5, 5.41) is 6.01. The van der Waals surface area contributed by atoms with Crippen LogP contribution in [-0.4, -0.2) is 24.6 Å². The zero-order valence-electron chi connectivity index (χ0n) is 12.5. The lowest BCUT2D eigenvalue weighted by atomic mass is 10.0. The van der Waals surface area contributed by atoms with Crippen molar-refractivity contribution >= 4 is 23.6 Å². The maximum Gasteiger partial charge on any atom is 0.407 e. The first-order valence-electron chi connectivity index (χ1n) is 6.89. The van der Waals surface area contributed by atoms with Gasteiger partial charge in [-0.15, -0.1) is 0 Å². The lowest BCUT2D eigenvalue weighted by Gasteiger charge is -2.21. The molecule has 0 spiro atoms. The first-order valence-corrected chi connectivity index (χ1v) is 7.27. The highest BCUT2D eigenvalue weighted by molar-refractivity contribution is 6.30. The van der Waals surface area contributed by atoms with Gasteiger partial charge in [-0.3, -0.25) is 4.79 Å². The molecule has 1 aromatic carbocycles. The van der Waals surface area contributed by atoms with E-state index in [1.807, 2.05) is 26.0 Å². The summed E-state index contributed by atoms with van der Waals surface area (Å²) in [6, 6.07) is 6.58. The smallest absolute Gasteiger partial charge is 0.407 e. The number of rotatable bonds is 6. The van der Waals surface area contributed by atoms with Crippen LogP contribution in [0.4, 0.5) is 4.79 Å². The molecule has 0 saturated carbocycles. The number of nitrogens with one attached hydrogen (secondary N) is 2. The molecule has 0 aliphatic carbocycles. The molecule has 2 amide bonds. The van der Waals surface area contributed by atoms with Crippen molar-refractivity contribution in [3.63, 3.8) is 0 Å². The largest absolute Gasteiger partial charge is 0.450 e. The first-order chi connectivity index (χ1) is 9.93. The van der Waals surface area contributed by atoms with Crippen molar-refractivity contribution in [3.8, 4) is 0 Å². The molecule has 0 radical (unpaired) electrons. The fraction of sp³-hybridized carbons (Fsp3) is 0.467. The fourth-order valence-corrected chi connectivity index (χ4v) is 1.86. The van der Waals surface area contributed by atoms with Crippen molar-refractivity contribution in [2.45, 2.75) is 33.4 Å². The fourth-order valence-electron chi connectivity index (χ4n) is 1.74. The van der Waals surface area contributed by atoms with Crippen LogP contribution < -0.4 is 10.6 Å². The maximum absolute atomic E-state index is 12.2. The third kappa shape index (κ3) is 6.04. The molecule has 1 aromatic rings. The zero-order chi connectivity index (χ0) is 15.8. The number of alkyl carbamates (subject to hydrolysis) is 1. The van der Waals surface area contributed by atoms with Crippen molar-refractivity contribution in [1.29, 1.82) is 0 Å². The minimum Gasteiger partial charge on any atom is -0.450 e. The molecule has 5 nitrogen and oxygen atoms in total. The maximum atomic E-state index is 12.2. The SMILES string of the molecule is CCOC(=O)N[C@H](C(=O)NCc1ccc(Cl)cc1)C(C)C. The van der Waals surface area contributed by atoms with Crippen LogP contribution >= 0.6 is 11.6 Å². The van der Waals surface area contributed by atoms with E-state index in [1.54, 1.807) is 19.1 Å². The Hall–Kier alpha value is -1.75. The van der Waals surface area contributed by atoms with Gasteiger partial charge in [-0.2, -0.15) is 0 Å². The topological polar surface area (TPSA) is 67.4 Å². The Kier molecular flexibility index (Phi) is 7.02. The highest BCUT2D eigenvalue weighted by Gasteiger charge is 2.24. The van der Waals surface area contributed by atoms with E-state index in [0.29, 0.717) is 11.6 Å². The van der Waals surface area contributed by atoms with Gasteiger partial charge in [0, 0.05) is 11.6 Å². The van der Waals surface area contributed by atoms with E-state index in [4.69, 9.17) is 16.3 Å². The molecule has 0 bridgehead atoms. The number of hydrogen-bond acceptors (Lipinski definition) is 3. The molecule has 0 unspecified atom stereocenters. The number of halogens is 1. The van der Waals surface area contributed by atoms with E-state index in [0.717, 1.165) is 5.56 Å². The van der Waals surface area contributed by atoms with Gasteiger partial charge >= 0.3 is 6.09 Å². The monoisotopic (exact) mass is 312 g/mol. The van der Waals surface area contributed by atoms with Gasteiger partial charge in [-0.1, -0.05) is 37.6 Å². The van der Waals surface area contributed by atoms with E-state index in [1.165, 1.54) is 0 Å². The number of hydrogen-bond donors (Lipinski definition) is 2. The summed E-state index contributed by atoms with van der Waals surface area (Å²) in [5.41, 5.74) is 0.936. The molecule has 21 heavy (non-hydrogen) atoms. The molecule has 0 heterocycles. The molecular weight excluding hydrogens is 292 g/mol. The molecule has 116 valence electrons. The quantitative estimate of drug-likeness (QED) is 0.848. The lowest BCUT2D eigenvalue weighted by molar-refractivity contribution is -0.124. The highest BCUT2D eigenvalue weighted by atomic mass is 35.5. The van der Waals surface area contributed by atoms with Crippen molar-refractivity contribution < 1.29 is 14.3 Å². The number of ether oxygens (including phenoxy) is 1.